The van der Waals surface area contributed by atoms with E-state index in [4.69, 9.17) is 4.42 Å². The van der Waals surface area contributed by atoms with Gasteiger partial charge >= 0.3 is 0 Å². The Hall–Kier alpha value is -6.58. The molecule has 1 aliphatic rings. The van der Waals surface area contributed by atoms with Gasteiger partial charge < -0.3 is 14.6 Å². The first-order valence-corrected chi connectivity index (χ1v) is 17.2. The Labute approximate surface area is 290 Å². The smallest absolute Gasteiger partial charge is 0.201 e. The van der Waals surface area contributed by atoms with Crippen molar-refractivity contribution in [2.45, 2.75) is 0 Å². The first-order valence-electron chi connectivity index (χ1n) is 17.2. The van der Waals surface area contributed by atoms with Crippen molar-refractivity contribution in [1.82, 2.24) is 0 Å². The van der Waals surface area contributed by atoms with Crippen molar-refractivity contribution in [1.29, 1.82) is 0 Å². The van der Waals surface area contributed by atoms with Crippen LogP contribution in [0.15, 0.2) is 174 Å². The molecule has 0 bridgehead atoms. The lowest BCUT2D eigenvalue weighted by atomic mass is 9.92. The third-order valence-electron chi connectivity index (χ3n) is 10.1. The van der Waals surface area contributed by atoms with Gasteiger partial charge in [0.2, 0.25) is 5.88 Å². The molecule has 3 nitrogen and oxygen atoms in total. The Bertz CT molecular complexity index is 2700. The van der Waals surface area contributed by atoms with Crippen LogP contribution in [-0.2, 0) is 0 Å². The van der Waals surface area contributed by atoms with E-state index in [1.54, 1.807) is 0 Å². The summed E-state index contributed by atoms with van der Waals surface area (Å²) in [4.78, 5) is 2.35. The molecule has 3 heteroatoms. The summed E-state index contributed by atoms with van der Waals surface area (Å²) in [5.74, 6) is 0.821. The van der Waals surface area contributed by atoms with Gasteiger partial charge in [-0.2, -0.15) is 0 Å². The molecule has 236 valence electrons. The maximum atomic E-state index is 6.31. The largest absolute Gasteiger partial charge is 0.440 e. The van der Waals surface area contributed by atoms with Crippen LogP contribution >= 0.6 is 0 Å². The second-order valence-corrected chi connectivity index (χ2v) is 12.9. The van der Waals surface area contributed by atoms with Crippen LogP contribution in [0.2, 0.25) is 0 Å². The molecule has 50 heavy (non-hydrogen) atoms. The topological polar surface area (TPSA) is 28.4 Å². The van der Waals surface area contributed by atoms with Gasteiger partial charge in [0.05, 0.1) is 11.1 Å². The minimum absolute atomic E-state index is 0.759. The van der Waals surface area contributed by atoms with Crippen LogP contribution < -0.4 is 10.2 Å². The average molecular weight is 641 g/mol. The third kappa shape index (κ3) is 4.59. The highest BCUT2D eigenvalue weighted by atomic mass is 16.3. The summed E-state index contributed by atoms with van der Waals surface area (Å²) in [5, 5.41) is 12.2. The van der Waals surface area contributed by atoms with Gasteiger partial charge in [0.1, 0.15) is 5.58 Å². The van der Waals surface area contributed by atoms with E-state index in [1.165, 1.54) is 54.6 Å². The summed E-state index contributed by atoms with van der Waals surface area (Å²) in [6, 6.07) is 59.1. The van der Waals surface area contributed by atoms with Crippen molar-refractivity contribution < 1.29 is 4.42 Å². The summed E-state index contributed by atoms with van der Waals surface area (Å²) in [6.07, 6.45) is 4.32. The summed E-state index contributed by atoms with van der Waals surface area (Å²) < 4.78 is 6.31. The Balaban J connectivity index is 1.11. The van der Waals surface area contributed by atoms with E-state index in [1.807, 2.05) is 0 Å². The van der Waals surface area contributed by atoms with Gasteiger partial charge in [0, 0.05) is 23.5 Å². The van der Waals surface area contributed by atoms with Gasteiger partial charge in [-0.25, -0.2) is 0 Å². The Morgan fingerprint density at radius 3 is 1.66 bits per heavy atom. The van der Waals surface area contributed by atoms with Crippen molar-refractivity contribution in [3.05, 3.63) is 175 Å². The van der Waals surface area contributed by atoms with Crippen LogP contribution in [0.3, 0.4) is 0 Å². The SMILES string of the molecule is C1=Cc2c(oc3cccc(N(c4ccc(-c5ccccc5)cc4)c4ccc(-c5ccc6c7ccccc7c7ccccc7c6c5)cc4)c23)NC1. The van der Waals surface area contributed by atoms with Crippen molar-refractivity contribution in [2.75, 3.05) is 16.8 Å². The van der Waals surface area contributed by atoms with Crippen LogP contribution in [0.5, 0.6) is 0 Å². The first kappa shape index (κ1) is 28.4. The highest BCUT2D eigenvalue weighted by Gasteiger charge is 2.22. The van der Waals surface area contributed by atoms with E-state index < -0.39 is 0 Å². The van der Waals surface area contributed by atoms with Crippen molar-refractivity contribution in [3.8, 4) is 22.3 Å². The molecule has 0 radical (unpaired) electrons. The van der Waals surface area contributed by atoms with Gasteiger partial charge in [0.25, 0.3) is 0 Å². The zero-order chi connectivity index (χ0) is 33.0. The van der Waals surface area contributed by atoms with Crippen molar-refractivity contribution in [3.63, 3.8) is 0 Å². The van der Waals surface area contributed by atoms with Crippen LogP contribution in [-0.4, -0.2) is 6.54 Å². The molecule has 0 saturated heterocycles. The fourth-order valence-electron chi connectivity index (χ4n) is 7.71. The zero-order valence-electron chi connectivity index (χ0n) is 27.3. The quantitative estimate of drug-likeness (QED) is 0.190. The fourth-order valence-corrected chi connectivity index (χ4v) is 7.71. The van der Waals surface area contributed by atoms with Gasteiger partial charge in [-0.1, -0.05) is 133 Å². The van der Waals surface area contributed by atoms with E-state index in [2.05, 4.69) is 186 Å². The summed E-state index contributed by atoms with van der Waals surface area (Å²) in [7, 11) is 0. The predicted octanol–water partition coefficient (Wildman–Crippen LogP) is 13.1. The van der Waals surface area contributed by atoms with E-state index in [-0.39, 0.29) is 0 Å². The number of furan rings is 1. The first-order chi connectivity index (χ1) is 24.8. The molecule has 2 heterocycles. The molecule has 0 unspecified atom stereocenters. The molecule has 1 aliphatic heterocycles. The second kappa shape index (κ2) is 11.5. The third-order valence-corrected chi connectivity index (χ3v) is 10.1. The number of fused-ring (bicyclic) bond motifs is 9. The molecule has 0 atom stereocenters. The lowest BCUT2D eigenvalue weighted by Gasteiger charge is -2.27. The Kier molecular flexibility index (Phi) is 6.56. The number of rotatable bonds is 5. The van der Waals surface area contributed by atoms with Crippen LogP contribution in [0.25, 0.3) is 71.6 Å². The monoisotopic (exact) mass is 640 g/mol. The maximum Gasteiger partial charge on any atom is 0.201 e. The highest BCUT2D eigenvalue weighted by molar-refractivity contribution is 6.25. The minimum atomic E-state index is 0.759. The van der Waals surface area contributed by atoms with Crippen LogP contribution in [0.1, 0.15) is 5.56 Å². The van der Waals surface area contributed by atoms with Gasteiger partial charge in [-0.15, -0.1) is 0 Å². The molecule has 10 rings (SSSR count). The zero-order valence-corrected chi connectivity index (χ0v) is 27.3. The number of hydrogen-bond donors (Lipinski definition) is 1. The van der Waals surface area contributed by atoms with E-state index >= 15 is 0 Å². The van der Waals surface area contributed by atoms with E-state index in [0.717, 1.165) is 46.0 Å². The van der Waals surface area contributed by atoms with Gasteiger partial charge in [-0.3, -0.25) is 0 Å². The average Bonchev–Trinajstić information content (AvgIpc) is 3.58. The standard InChI is InChI=1S/C47H32N2O/c1-2-10-31(11-3-1)32-19-24-35(25-20-32)49(44-17-8-18-45-46(44)42-16-9-29-48-47(42)50-45)36-26-21-33(22-27-36)34-23-28-41-39-14-5-4-12-37(39)38-13-6-7-15-40(38)43(41)30-34/h1-28,30,48H,29H2. The Morgan fingerprint density at radius 2 is 1.00 bits per heavy atom. The van der Waals surface area contributed by atoms with Crippen LogP contribution in [0.4, 0.5) is 22.9 Å². The molecule has 0 amide bonds. The lowest BCUT2D eigenvalue weighted by molar-refractivity contribution is 0.628. The predicted molar refractivity (Wildman–Crippen MR) is 212 cm³/mol. The number of nitrogens with zero attached hydrogens (tertiary/aromatic N) is 1. The molecule has 0 fully saturated rings. The molecule has 0 aliphatic carbocycles. The van der Waals surface area contributed by atoms with Crippen molar-refractivity contribution in [2.24, 2.45) is 0 Å². The molecule has 1 N–H and O–H groups in total. The molecule has 8 aromatic carbocycles. The number of anilines is 4. The molecule has 9 aromatic rings. The fraction of sp³-hybridized carbons (Fsp3) is 0.0213. The summed E-state index contributed by atoms with van der Waals surface area (Å²) in [6.45, 7) is 0.759. The summed E-state index contributed by atoms with van der Waals surface area (Å²) >= 11 is 0. The van der Waals surface area contributed by atoms with Crippen molar-refractivity contribution >= 4 is 72.3 Å². The molecule has 1 aromatic heterocycles. The van der Waals surface area contributed by atoms with E-state index in [9.17, 15) is 0 Å². The molecular formula is C47H32N2O. The lowest BCUT2D eigenvalue weighted by Crippen LogP contribution is -2.10. The number of benzene rings is 8. The number of hydrogen-bond acceptors (Lipinski definition) is 3. The molecule has 0 saturated carbocycles. The molecular weight excluding hydrogens is 609 g/mol. The van der Waals surface area contributed by atoms with Crippen LogP contribution in [0, 0.1) is 0 Å². The second-order valence-electron chi connectivity index (χ2n) is 12.9. The van der Waals surface area contributed by atoms with Gasteiger partial charge in [-0.05, 0) is 97.0 Å². The highest BCUT2D eigenvalue weighted by Crippen LogP contribution is 2.45. The maximum absolute atomic E-state index is 6.31. The summed E-state index contributed by atoms with van der Waals surface area (Å²) in [5.41, 5.74) is 9.95. The van der Waals surface area contributed by atoms with E-state index in [0.29, 0.717) is 0 Å². The minimum Gasteiger partial charge on any atom is -0.440 e. The Morgan fingerprint density at radius 1 is 0.460 bits per heavy atom. The normalized spacial score (nSPS) is 12.4. The molecule has 0 spiro atoms. The van der Waals surface area contributed by atoms with Gasteiger partial charge in [0.15, 0.2) is 0 Å². The number of nitrogens with one attached hydrogen (secondary N) is 1.